The summed E-state index contributed by atoms with van der Waals surface area (Å²) >= 11 is 0. The molecule has 0 fully saturated rings. The Hall–Kier alpha value is -2.43. The van der Waals surface area contributed by atoms with Crippen molar-refractivity contribution in [2.24, 2.45) is 10.8 Å². The average molecular weight is 214 g/mol. The van der Waals surface area contributed by atoms with Crippen molar-refractivity contribution in [3.8, 4) is 0 Å². The molecule has 0 aliphatic rings. The second-order valence-corrected chi connectivity index (χ2v) is 3.19. The molecule has 5 heteroatoms. The highest BCUT2D eigenvalue weighted by molar-refractivity contribution is 5.88. The molecular formula is C11H10N4O. The summed E-state index contributed by atoms with van der Waals surface area (Å²) in [7, 11) is 0. The molecule has 0 aliphatic carbocycles. The molecule has 5 nitrogen and oxygen atoms in total. The van der Waals surface area contributed by atoms with Crippen molar-refractivity contribution in [3.63, 3.8) is 0 Å². The molecule has 1 heterocycles. The van der Waals surface area contributed by atoms with Crippen molar-refractivity contribution in [1.29, 1.82) is 0 Å². The van der Waals surface area contributed by atoms with E-state index in [-0.39, 0.29) is 0 Å². The molecule has 16 heavy (non-hydrogen) atoms. The number of nitrogens with one attached hydrogen (secondary N) is 1. The van der Waals surface area contributed by atoms with Gasteiger partial charge in [-0.25, -0.2) is 10.2 Å². The van der Waals surface area contributed by atoms with E-state index in [1.165, 1.54) is 6.21 Å². The van der Waals surface area contributed by atoms with Gasteiger partial charge in [0.05, 0.1) is 11.9 Å². The van der Waals surface area contributed by atoms with Crippen LogP contribution < -0.4 is 11.2 Å². The van der Waals surface area contributed by atoms with Crippen molar-refractivity contribution in [3.05, 3.63) is 42.2 Å². The van der Waals surface area contributed by atoms with E-state index in [4.69, 9.17) is 5.73 Å². The Morgan fingerprint density at radius 3 is 2.88 bits per heavy atom. The summed E-state index contributed by atoms with van der Waals surface area (Å²) in [5.41, 5.74) is 7.63. The highest BCUT2D eigenvalue weighted by atomic mass is 16.2. The molecule has 0 saturated carbocycles. The molecular weight excluding hydrogens is 204 g/mol. The number of pyridine rings is 1. The Bertz CT molecular complexity index is 550. The number of amides is 2. The zero-order valence-electron chi connectivity index (χ0n) is 8.42. The number of rotatable bonds is 2. The molecule has 2 aromatic rings. The maximum Gasteiger partial charge on any atom is 0.332 e. The molecule has 0 saturated heterocycles. The number of fused-ring (bicyclic) bond motifs is 1. The number of hydrogen-bond donors (Lipinski definition) is 2. The van der Waals surface area contributed by atoms with E-state index in [1.54, 1.807) is 6.20 Å². The normalized spacial score (nSPS) is 10.8. The number of benzene rings is 1. The summed E-state index contributed by atoms with van der Waals surface area (Å²) in [5, 5.41) is 5.76. The second-order valence-electron chi connectivity index (χ2n) is 3.19. The van der Waals surface area contributed by atoms with Gasteiger partial charge in [0.2, 0.25) is 0 Å². The van der Waals surface area contributed by atoms with Gasteiger partial charge in [-0.3, -0.25) is 4.98 Å². The number of nitrogens with two attached hydrogens (primary N) is 1. The van der Waals surface area contributed by atoms with Crippen molar-refractivity contribution in [1.82, 2.24) is 10.4 Å². The summed E-state index contributed by atoms with van der Waals surface area (Å²) in [5.74, 6) is 0. The minimum absolute atomic E-state index is 0.660. The van der Waals surface area contributed by atoms with E-state index in [0.29, 0.717) is 5.69 Å². The lowest BCUT2D eigenvalue weighted by molar-refractivity contribution is 0.249. The van der Waals surface area contributed by atoms with Crippen molar-refractivity contribution in [2.45, 2.75) is 0 Å². The zero-order valence-corrected chi connectivity index (χ0v) is 8.42. The summed E-state index contributed by atoms with van der Waals surface area (Å²) in [6.45, 7) is 0. The standard InChI is InChI=1S/C11H10N4O/c12-11(16)15-14-7-10-5-8-3-1-2-4-9(8)6-13-10/h1-7H,(H3,12,15,16). The fraction of sp³-hybridized carbons (Fsp3) is 0. The molecule has 0 spiro atoms. The molecule has 2 rings (SSSR count). The maximum atomic E-state index is 10.4. The number of nitrogens with zero attached hydrogens (tertiary/aromatic N) is 2. The highest BCUT2D eigenvalue weighted by Gasteiger charge is 1.94. The molecule has 2 amide bonds. The highest BCUT2D eigenvalue weighted by Crippen LogP contribution is 2.12. The van der Waals surface area contributed by atoms with Crippen molar-refractivity contribution < 1.29 is 4.79 Å². The largest absolute Gasteiger partial charge is 0.350 e. The van der Waals surface area contributed by atoms with Crippen molar-refractivity contribution >= 4 is 23.0 Å². The topological polar surface area (TPSA) is 80.4 Å². The second kappa shape index (κ2) is 4.39. The van der Waals surface area contributed by atoms with Crippen molar-refractivity contribution in [2.75, 3.05) is 0 Å². The summed E-state index contributed by atoms with van der Waals surface area (Å²) in [6.07, 6.45) is 3.19. The zero-order chi connectivity index (χ0) is 11.4. The first-order valence-corrected chi connectivity index (χ1v) is 4.69. The quantitative estimate of drug-likeness (QED) is 0.582. The van der Waals surface area contributed by atoms with Crippen LogP contribution in [0.2, 0.25) is 0 Å². The van der Waals surface area contributed by atoms with E-state index < -0.39 is 6.03 Å². The molecule has 0 radical (unpaired) electrons. The monoisotopic (exact) mass is 214 g/mol. The van der Waals surface area contributed by atoms with E-state index in [1.807, 2.05) is 30.3 Å². The van der Waals surface area contributed by atoms with E-state index in [9.17, 15) is 4.79 Å². The van der Waals surface area contributed by atoms with E-state index in [0.717, 1.165) is 10.8 Å². The number of aromatic nitrogens is 1. The van der Waals surface area contributed by atoms with Gasteiger partial charge in [-0.1, -0.05) is 24.3 Å². The third-order valence-electron chi connectivity index (χ3n) is 2.02. The molecule has 1 aromatic heterocycles. The van der Waals surface area contributed by atoms with Gasteiger partial charge < -0.3 is 5.73 Å². The van der Waals surface area contributed by atoms with Crippen LogP contribution in [-0.4, -0.2) is 17.2 Å². The van der Waals surface area contributed by atoms with Crippen LogP contribution in [0.5, 0.6) is 0 Å². The van der Waals surface area contributed by atoms with Crippen LogP contribution in [0, 0.1) is 0 Å². The molecule has 0 bridgehead atoms. The Labute approximate surface area is 92.0 Å². The molecule has 1 aromatic carbocycles. The summed E-state index contributed by atoms with van der Waals surface area (Å²) in [6, 6.07) is 9.04. The predicted octanol–water partition coefficient (Wildman–Crippen LogP) is 1.24. The third-order valence-corrected chi connectivity index (χ3v) is 2.02. The van der Waals surface area contributed by atoms with Gasteiger partial charge in [-0.15, -0.1) is 0 Å². The van der Waals surface area contributed by atoms with Gasteiger partial charge in [0.15, 0.2) is 0 Å². The Morgan fingerprint density at radius 2 is 2.12 bits per heavy atom. The van der Waals surface area contributed by atoms with Crippen LogP contribution in [0.3, 0.4) is 0 Å². The Balaban J connectivity index is 2.26. The number of hydrogen-bond acceptors (Lipinski definition) is 3. The van der Waals surface area contributed by atoms with Crippen LogP contribution >= 0.6 is 0 Å². The van der Waals surface area contributed by atoms with Gasteiger partial charge in [-0.2, -0.15) is 5.10 Å². The Kier molecular flexibility index (Phi) is 2.77. The predicted molar refractivity (Wildman–Crippen MR) is 62.1 cm³/mol. The molecule has 0 aliphatic heterocycles. The minimum Gasteiger partial charge on any atom is -0.350 e. The van der Waals surface area contributed by atoms with Crippen LogP contribution in [0.15, 0.2) is 41.6 Å². The maximum absolute atomic E-state index is 10.4. The van der Waals surface area contributed by atoms with Crippen LogP contribution in [-0.2, 0) is 0 Å². The first-order chi connectivity index (χ1) is 7.75. The average Bonchev–Trinajstić information content (AvgIpc) is 2.28. The molecule has 0 atom stereocenters. The molecule has 80 valence electrons. The van der Waals surface area contributed by atoms with Crippen LogP contribution in [0.1, 0.15) is 5.69 Å². The summed E-state index contributed by atoms with van der Waals surface area (Å²) in [4.78, 5) is 14.5. The van der Waals surface area contributed by atoms with Gasteiger partial charge in [0, 0.05) is 11.6 Å². The first kappa shape index (κ1) is 10.1. The smallest absolute Gasteiger partial charge is 0.332 e. The first-order valence-electron chi connectivity index (χ1n) is 4.69. The molecule has 0 unspecified atom stereocenters. The van der Waals surface area contributed by atoms with Gasteiger partial charge in [-0.05, 0) is 11.5 Å². The molecule has 3 N–H and O–H groups in total. The Morgan fingerprint density at radius 1 is 1.38 bits per heavy atom. The minimum atomic E-state index is -0.697. The fourth-order valence-electron chi connectivity index (χ4n) is 1.33. The number of carbonyl (C=O) groups is 1. The number of hydrazone groups is 1. The van der Waals surface area contributed by atoms with Gasteiger partial charge >= 0.3 is 6.03 Å². The van der Waals surface area contributed by atoms with Crippen LogP contribution in [0.4, 0.5) is 4.79 Å². The lowest BCUT2D eigenvalue weighted by Crippen LogP contribution is -2.24. The van der Waals surface area contributed by atoms with Crippen LogP contribution in [0.25, 0.3) is 10.8 Å². The lowest BCUT2D eigenvalue weighted by atomic mass is 10.1. The lowest BCUT2D eigenvalue weighted by Gasteiger charge is -1.97. The van der Waals surface area contributed by atoms with Gasteiger partial charge in [0.25, 0.3) is 0 Å². The fourth-order valence-corrected chi connectivity index (χ4v) is 1.33. The van der Waals surface area contributed by atoms with Gasteiger partial charge in [0.1, 0.15) is 0 Å². The number of carbonyl (C=O) groups excluding carboxylic acids is 1. The van der Waals surface area contributed by atoms with E-state index in [2.05, 4.69) is 15.5 Å². The number of primary amides is 1. The SMILES string of the molecule is NC(=O)NN=Cc1cc2ccccc2cn1. The summed E-state index contributed by atoms with van der Waals surface area (Å²) < 4.78 is 0. The number of urea groups is 1. The van der Waals surface area contributed by atoms with E-state index >= 15 is 0 Å². The third kappa shape index (κ3) is 2.33.